The Kier molecular flexibility index (Phi) is 6.48. The monoisotopic (exact) mass is 396 g/mol. The first-order chi connectivity index (χ1) is 12.5. The number of carbonyl (C=O) groups is 1. The zero-order valence-corrected chi connectivity index (χ0v) is 15.6. The van der Waals surface area contributed by atoms with Crippen molar-refractivity contribution in [2.75, 3.05) is 39.4 Å². The summed E-state index contributed by atoms with van der Waals surface area (Å²) in [4.78, 5) is 14.4. The molecule has 7 heteroatoms. The molecule has 2 aromatic rings. The van der Waals surface area contributed by atoms with Crippen molar-refractivity contribution in [1.82, 2.24) is 10.2 Å². The highest BCUT2D eigenvalue weighted by atomic mass is 35.5. The molecule has 1 amide bonds. The Balaban J connectivity index is 1.62. The molecule has 0 spiro atoms. The second kappa shape index (κ2) is 8.82. The summed E-state index contributed by atoms with van der Waals surface area (Å²) in [6, 6.07) is 9.59. The molecule has 1 aliphatic rings. The summed E-state index contributed by atoms with van der Waals surface area (Å²) < 4.78 is 19.7. The lowest BCUT2D eigenvalue weighted by Gasteiger charge is -2.26. The molecule has 2 aromatic carbocycles. The third-order valence-electron chi connectivity index (χ3n) is 4.28. The maximum absolute atomic E-state index is 14.4. The van der Waals surface area contributed by atoms with Gasteiger partial charge >= 0.3 is 0 Å². The zero-order chi connectivity index (χ0) is 18.5. The molecule has 0 aromatic heterocycles. The van der Waals surface area contributed by atoms with Crippen LogP contribution in [0.25, 0.3) is 11.1 Å². The summed E-state index contributed by atoms with van der Waals surface area (Å²) in [5.41, 5.74) is 1.39. The number of ether oxygens (including phenoxy) is 1. The molecular formula is C19H19Cl2FN2O2. The molecule has 0 aliphatic carbocycles. The van der Waals surface area contributed by atoms with Gasteiger partial charge in [0.15, 0.2) is 0 Å². The molecule has 0 radical (unpaired) electrons. The van der Waals surface area contributed by atoms with E-state index >= 15 is 0 Å². The number of benzene rings is 2. The fourth-order valence-electron chi connectivity index (χ4n) is 2.80. The normalized spacial score (nSPS) is 15.0. The Morgan fingerprint density at radius 3 is 2.46 bits per heavy atom. The van der Waals surface area contributed by atoms with Gasteiger partial charge in [-0.05, 0) is 35.4 Å². The summed E-state index contributed by atoms with van der Waals surface area (Å²) in [6.07, 6.45) is 0. The minimum absolute atomic E-state index is 0.0239. The first kappa shape index (κ1) is 19.1. The standard InChI is InChI=1S/C19H19Cl2FN2O2/c20-16-4-2-13(11-17(16)21)14-1-3-15(18(22)12-14)19(25)23-5-6-24-7-9-26-10-8-24/h1-4,11-12H,5-10H2,(H,23,25). The molecular weight excluding hydrogens is 378 g/mol. The van der Waals surface area contributed by atoms with Crippen LogP contribution in [-0.2, 0) is 4.74 Å². The lowest BCUT2D eigenvalue weighted by Crippen LogP contribution is -2.41. The number of nitrogens with zero attached hydrogens (tertiary/aromatic N) is 1. The van der Waals surface area contributed by atoms with Crippen LogP contribution in [-0.4, -0.2) is 50.2 Å². The van der Waals surface area contributed by atoms with Gasteiger partial charge in [0.1, 0.15) is 5.82 Å². The maximum Gasteiger partial charge on any atom is 0.254 e. The molecule has 1 fully saturated rings. The molecule has 1 heterocycles. The van der Waals surface area contributed by atoms with Crippen LogP contribution in [0.15, 0.2) is 36.4 Å². The second-order valence-electron chi connectivity index (χ2n) is 6.03. The lowest BCUT2D eigenvalue weighted by molar-refractivity contribution is 0.0383. The lowest BCUT2D eigenvalue weighted by atomic mass is 10.0. The predicted octanol–water partition coefficient (Wildman–Crippen LogP) is 3.86. The molecule has 0 bridgehead atoms. The van der Waals surface area contributed by atoms with E-state index in [2.05, 4.69) is 10.2 Å². The zero-order valence-electron chi connectivity index (χ0n) is 14.1. The highest BCUT2D eigenvalue weighted by Gasteiger charge is 2.14. The topological polar surface area (TPSA) is 41.6 Å². The molecule has 1 saturated heterocycles. The van der Waals surface area contributed by atoms with E-state index in [9.17, 15) is 9.18 Å². The number of carbonyl (C=O) groups excluding carboxylic acids is 1. The van der Waals surface area contributed by atoms with Crippen molar-refractivity contribution < 1.29 is 13.9 Å². The minimum atomic E-state index is -0.572. The first-order valence-electron chi connectivity index (χ1n) is 8.38. The third-order valence-corrected chi connectivity index (χ3v) is 5.02. The van der Waals surface area contributed by atoms with Crippen molar-refractivity contribution in [3.63, 3.8) is 0 Å². The van der Waals surface area contributed by atoms with Crippen molar-refractivity contribution in [3.05, 3.63) is 57.8 Å². The molecule has 26 heavy (non-hydrogen) atoms. The van der Waals surface area contributed by atoms with Gasteiger partial charge in [-0.25, -0.2) is 4.39 Å². The highest BCUT2D eigenvalue weighted by Crippen LogP contribution is 2.29. The molecule has 138 valence electrons. The van der Waals surface area contributed by atoms with Crippen LogP contribution < -0.4 is 5.32 Å². The summed E-state index contributed by atoms with van der Waals surface area (Å²) in [5.74, 6) is -0.992. The molecule has 1 aliphatic heterocycles. The summed E-state index contributed by atoms with van der Waals surface area (Å²) in [5, 5.41) is 3.60. The van der Waals surface area contributed by atoms with Crippen LogP contribution in [0.2, 0.25) is 10.0 Å². The molecule has 0 saturated carbocycles. The number of halogens is 3. The summed E-state index contributed by atoms with van der Waals surface area (Å²) in [7, 11) is 0. The van der Waals surface area contributed by atoms with E-state index in [0.717, 1.165) is 25.2 Å². The maximum atomic E-state index is 14.4. The van der Waals surface area contributed by atoms with Gasteiger partial charge in [-0.15, -0.1) is 0 Å². The molecule has 3 rings (SSSR count). The number of amides is 1. The van der Waals surface area contributed by atoms with Crippen LogP contribution in [0.4, 0.5) is 4.39 Å². The Labute approximate surface area is 161 Å². The number of hydrogen-bond acceptors (Lipinski definition) is 3. The van der Waals surface area contributed by atoms with Crippen molar-refractivity contribution in [2.24, 2.45) is 0 Å². The van der Waals surface area contributed by atoms with Crippen LogP contribution in [0, 0.1) is 5.82 Å². The quantitative estimate of drug-likeness (QED) is 0.833. The predicted molar refractivity (Wildman–Crippen MR) is 101 cm³/mol. The second-order valence-corrected chi connectivity index (χ2v) is 6.85. The van der Waals surface area contributed by atoms with Crippen LogP contribution in [0.1, 0.15) is 10.4 Å². The van der Waals surface area contributed by atoms with E-state index in [1.165, 1.54) is 12.1 Å². The third kappa shape index (κ3) is 4.74. The van der Waals surface area contributed by atoms with Crippen molar-refractivity contribution in [1.29, 1.82) is 0 Å². The Morgan fingerprint density at radius 2 is 1.77 bits per heavy atom. The molecule has 1 N–H and O–H groups in total. The van der Waals surface area contributed by atoms with Crippen molar-refractivity contribution >= 4 is 29.1 Å². The van der Waals surface area contributed by atoms with Gasteiger partial charge in [-0.2, -0.15) is 0 Å². The van der Waals surface area contributed by atoms with E-state index in [1.807, 2.05) is 0 Å². The van der Waals surface area contributed by atoms with Crippen molar-refractivity contribution in [3.8, 4) is 11.1 Å². The SMILES string of the molecule is O=C(NCCN1CCOCC1)c1ccc(-c2ccc(Cl)c(Cl)c2)cc1F. The number of morpholine rings is 1. The van der Waals surface area contributed by atoms with E-state index in [1.54, 1.807) is 24.3 Å². The van der Waals surface area contributed by atoms with Gasteiger partial charge in [-0.3, -0.25) is 9.69 Å². The van der Waals surface area contributed by atoms with E-state index in [0.29, 0.717) is 35.4 Å². The average Bonchev–Trinajstić information content (AvgIpc) is 2.64. The summed E-state index contributed by atoms with van der Waals surface area (Å²) in [6.45, 7) is 4.30. The van der Waals surface area contributed by atoms with Gasteiger partial charge in [0.2, 0.25) is 0 Å². The minimum Gasteiger partial charge on any atom is -0.379 e. The first-order valence-corrected chi connectivity index (χ1v) is 9.13. The number of nitrogens with one attached hydrogen (secondary N) is 1. The molecule has 4 nitrogen and oxygen atoms in total. The number of rotatable bonds is 5. The highest BCUT2D eigenvalue weighted by molar-refractivity contribution is 6.42. The van der Waals surface area contributed by atoms with Crippen LogP contribution in [0.5, 0.6) is 0 Å². The van der Waals surface area contributed by atoms with E-state index in [-0.39, 0.29) is 5.56 Å². The average molecular weight is 397 g/mol. The van der Waals surface area contributed by atoms with Crippen LogP contribution >= 0.6 is 23.2 Å². The smallest absolute Gasteiger partial charge is 0.254 e. The van der Waals surface area contributed by atoms with Crippen molar-refractivity contribution in [2.45, 2.75) is 0 Å². The Hall–Kier alpha value is -1.66. The van der Waals surface area contributed by atoms with Gasteiger partial charge in [-0.1, -0.05) is 35.3 Å². The number of hydrogen-bond donors (Lipinski definition) is 1. The summed E-state index contributed by atoms with van der Waals surface area (Å²) >= 11 is 11.9. The Bertz CT molecular complexity index is 795. The van der Waals surface area contributed by atoms with Gasteiger partial charge in [0, 0.05) is 26.2 Å². The van der Waals surface area contributed by atoms with Crippen LogP contribution in [0.3, 0.4) is 0 Å². The Morgan fingerprint density at radius 1 is 1.08 bits per heavy atom. The fourth-order valence-corrected chi connectivity index (χ4v) is 3.10. The largest absolute Gasteiger partial charge is 0.379 e. The van der Waals surface area contributed by atoms with E-state index < -0.39 is 11.7 Å². The van der Waals surface area contributed by atoms with E-state index in [4.69, 9.17) is 27.9 Å². The van der Waals surface area contributed by atoms with Gasteiger partial charge in [0.25, 0.3) is 5.91 Å². The fraction of sp³-hybridized carbons (Fsp3) is 0.316. The molecule has 0 unspecified atom stereocenters. The van der Waals surface area contributed by atoms with Gasteiger partial charge < -0.3 is 10.1 Å². The molecule has 0 atom stereocenters. The van der Waals surface area contributed by atoms with Gasteiger partial charge in [0.05, 0.1) is 28.8 Å².